The summed E-state index contributed by atoms with van der Waals surface area (Å²) in [7, 11) is 0. The smallest absolute Gasteiger partial charge is 0.223 e. The number of nitrogens with zero attached hydrogens (tertiary/aromatic N) is 3. The van der Waals surface area contributed by atoms with Gasteiger partial charge >= 0.3 is 0 Å². The molecule has 2 aliphatic rings. The van der Waals surface area contributed by atoms with Crippen molar-refractivity contribution in [1.29, 1.82) is 0 Å². The molecule has 0 spiro atoms. The first kappa shape index (κ1) is 17.1. The molecule has 2 heterocycles. The fraction of sp³-hybridized carbons (Fsp3) is 0.722. The number of nitrogens with two attached hydrogens (primary N) is 1. The standard InChI is InChI=1S/C18H29N5O/c19-12-16(14-4-2-1-3-5-14)22-18(24)15-6-10-23(11-7-15)17-13-20-8-9-21-17/h8-9,13-16H,1-7,10-12,19H2,(H,22,24). The molecule has 1 saturated carbocycles. The summed E-state index contributed by atoms with van der Waals surface area (Å²) in [4.78, 5) is 23.3. The van der Waals surface area contributed by atoms with Crippen molar-refractivity contribution in [3.05, 3.63) is 18.6 Å². The highest BCUT2D eigenvalue weighted by Gasteiger charge is 2.29. The second-order valence-corrected chi connectivity index (χ2v) is 7.07. The topological polar surface area (TPSA) is 84.1 Å². The highest BCUT2D eigenvalue weighted by Crippen LogP contribution is 2.27. The average Bonchev–Trinajstić information content (AvgIpc) is 2.67. The van der Waals surface area contributed by atoms with Crippen LogP contribution in [0.4, 0.5) is 5.82 Å². The lowest BCUT2D eigenvalue weighted by Gasteiger charge is -2.34. The van der Waals surface area contributed by atoms with Crippen LogP contribution in [0.3, 0.4) is 0 Å². The molecule has 132 valence electrons. The van der Waals surface area contributed by atoms with Gasteiger partial charge in [0.1, 0.15) is 5.82 Å². The van der Waals surface area contributed by atoms with Gasteiger partial charge in [0.15, 0.2) is 0 Å². The molecule has 0 bridgehead atoms. The van der Waals surface area contributed by atoms with E-state index in [-0.39, 0.29) is 17.9 Å². The van der Waals surface area contributed by atoms with Crippen LogP contribution in [0.2, 0.25) is 0 Å². The van der Waals surface area contributed by atoms with Crippen LogP contribution in [0.25, 0.3) is 0 Å². The third-order valence-electron chi connectivity index (χ3n) is 5.54. The van der Waals surface area contributed by atoms with Gasteiger partial charge in [0, 0.05) is 44.0 Å². The normalized spacial score (nSPS) is 21.5. The van der Waals surface area contributed by atoms with E-state index in [4.69, 9.17) is 5.73 Å². The molecule has 1 aromatic heterocycles. The molecule has 1 aromatic rings. The second-order valence-electron chi connectivity index (χ2n) is 7.07. The summed E-state index contributed by atoms with van der Waals surface area (Å²) in [6.45, 7) is 2.26. The molecule has 1 unspecified atom stereocenters. The molecule has 1 atom stereocenters. The Morgan fingerprint density at radius 2 is 1.96 bits per heavy atom. The van der Waals surface area contributed by atoms with Gasteiger partial charge in [0.05, 0.1) is 6.20 Å². The molecule has 3 rings (SSSR count). The highest BCUT2D eigenvalue weighted by molar-refractivity contribution is 5.79. The lowest BCUT2D eigenvalue weighted by molar-refractivity contribution is -0.126. The van der Waals surface area contributed by atoms with Gasteiger partial charge in [-0.05, 0) is 31.6 Å². The Labute approximate surface area is 144 Å². The van der Waals surface area contributed by atoms with Crippen LogP contribution in [-0.4, -0.2) is 41.6 Å². The summed E-state index contributed by atoms with van der Waals surface area (Å²) >= 11 is 0. The van der Waals surface area contributed by atoms with E-state index in [1.165, 1.54) is 32.1 Å². The fourth-order valence-electron chi connectivity index (χ4n) is 4.03. The SMILES string of the molecule is NCC(NC(=O)C1CCN(c2cnccn2)CC1)C1CCCCC1. The van der Waals surface area contributed by atoms with Gasteiger partial charge in [0.25, 0.3) is 0 Å². The molecule has 6 nitrogen and oxygen atoms in total. The van der Waals surface area contributed by atoms with Crippen molar-refractivity contribution in [3.8, 4) is 0 Å². The van der Waals surface area contributed by atoms with Crippen molar-refractivity contribution < 1.29 is 4.79 Å². The van der Waals surface area contributed by atoms with Crippen LogP contribution < -0.4 is 16.0 Å². The summed E-state index contributed by atoms with van der Waals surface area (Å²) in [5, 5.41) is 3.25. The van der Waals surface area contributed by atoms with Gasteiger partial charge in [-0.1, -0.05) is 19.3 Å². The molecule has 24 heavy (non-hydrogen) atoms. The number of piperidine rings is 1. The number of nitrogens with one attached hydrogen (secondary N) is 1. The van der Waals surface area contributed by atoms with Gasteiger partial charge in [0.2, 0.25) is 5.91 Å². The third kappa shape index (κ3) is 4.23. The van der Waals surface area contributed by atoms with Crippen molar-refractivity contribution in [1.82, 2.24) is 15.3 Å². The minimum Gasteiger partial charge on any atom is -0.355 e. The Bertz CT molecular complexity index is 509. The Hall–Kier alpha value is -1.69. The second kappa shape index (κ2) is 8.42. The minimum atomic E-state index is 0.0931. The first-order valence-electron chi connectivity index (χ1n) is 9.29. The molecular weight excluding hydrogens is 302 g/mol. The van der Waals surface area contributed by atoms with E-state index in [9.17, 15) is 4.79 Å². The van der Waals surface area contributed by atoms with Crippen molar-refractivity contribution in [2.75, 3.05) is 24.5 Å². The number of hydrogen-bond acceptors (Lipinski definition) is 5. The predicted octanol–water partition coefficient (Wildman–Crippen LogP) is 1.72. The zero-order chi connectivity index (χ0) is 16.8. The molecule has 6 heteroatoms. The maximum atomic E-state index is 12.6. The molecule has 0 radical (unpaired) electrons. The maximum absolute atomic E-state index is 12.6. The highest BCUT2D eigenvalue weighted by atomic mass is 16.2. The molecular formula is C18H29N5O. The number of rotatable bonds is 5. The van der Waals surface area contributed by atoms with E-state index in [0.29, 0.717) is 12.5 Å². The van der Waals surface area contributed by atoms with Crippen molar-refractivity contribution in [2.24, 2.45) is 17.6 Å². The Balaban J connectivity index is 1.49. The van der Waals surface area contributed by atoms with Gasteiger partial charge < -0.3 is 16.0 Å². The number of amides is 1. The van der Waals surface area contributed by atoms with Crippen LogP contribution in [0.1, 0.15) is 44.9 Å². The summed E-state index contributed by atoms with van der Waals surface area (Å²) in [5.74, 6) is 1.75. The molecule has 0 aromatic carbocycles. The largest absolute Gasteiger partial charge is 0.355 e. The summed E-state index contributed by atoms with van der Waals surface area (Å²) in [5.41, 5.74) is 5.94. The van der Waals surface area contributed by atoms with Gasteiger partial charge in [-0.25, -0.2) is 4.98 Å². The van der Waals surface area contributed by atoms with Gasteiger partial charge in [-0.2, -0.15) is 0 Å². The zero-order valence-electron chi connectivity index (χ0n) is 14.4. The summed E-state index contributed by atoms with van der Waals surface area (Å²) < 4.78 is 0. The number of carbonyl (C=O) groups excluding carboxylic acids is 1. The molecule has 2 fully saturated rings. The van der Waals surface area contributed by atoms with E-state index in [1.807, 2.05) is 0 Å². The van der Waals surface area contributed by atoms with Crippen LogP contribution in [0.15, 0.2) is 18.6 Å². The van der Waals surface area contributed by atoms with Crippen LogP contribution in [0.5, 0.6) is 0 Å². The lowest BCUT2D eigenvalue weighted by atomic mass is 9.83. The fourth-order valence-corrected chi connectivity index (χ4v) is 4.03. The first-order chi connectivity index (χ1) is 11.8. The van der Waals surface area contributed by atoms with Gasteiger partial charge in [-0.15, -0.1) is 0 Å². The Morgan fingerprint density at radius 3 is 2.58 bits per heavy atom. The van der Waals surface area contributed by atoms with Crippen molar-refractivity contribution >= 4 is 11.7 Å². The Kier molecular flexibility index (Phi) is 6.01. The number of hydrogen-bond donors (Lipinski definition) is 2. The number of anilines is 1. The molecule has 3 N–H and O–H groups in total. The maximum Gasteiger partial charge on any atom is 0.223 e. The monoisotopic (exact) mass is 331 g/mol. The minimum absolute atomic E-state index is 0.0931. The number of carbonyl (C=O) groups is 1. The van der Waals surface area contributed by atoms with Crippen molar-refractivity contribution in [2.45, 2.75) is 51.0 Å². The predicted molar refractivity (Wildman–Crippen MR) is 94.5 cm³/mol. The molecule has 1 saturated heterocycles. The van der Waals surface area contributed by atoms with E-state index >= 15 is 0 Å². The van der Waals surface area contributed by atoms with Crippen LogP contribution >= 0.6 is 0 Å². The Morgan fingerprint density at radius 1 is 1.21 bits per heavy atom. The quantitative estimate of drug-likeness (QED) is 0.858. The van der Waals surface area contributed by atoms with E-state index in [0.717, 1.165) is 31.7 Å². The number of aromatic nitrogens is 2. The van der Waals surface area contributed by atoms with Crippen LogP contribution in [0, 0.1) is 11.8 Å². The van der Waals surface area contributed by atoms with E-state index in [2.05, 4.69) is 20.2 Å². The van der Waals surface area contributed by atoms with E-state index < -0.39 is 0 Å². The van der Waals surface area contributed by atoms with Crippen LogP contribution in [-0.2, 0) is 4.79 Å². The molecule has 1 aliphatic heterocycles. The average molecular weight is 331 g/mol. The van der Waals surface area contributed by atoms with Gasteiger partial charge in [-0.3, -0.25) is 9.78 Å². The summed E-state index contributed by atoms with van der Waals surface area (Å²) in [6, 6.07) is 0.149. The van der Waals surface area contributed by atoms with Crippen molar-refractivity contribution in [3.63, 3.8) is 0 Å². The molecule has 1 aliphatic carbocycles. The first-order valence-corrected chi connectivity index (χ1v) is 9.29. The lowest BCUT2D eigenvalue weighted by Crippen LogP contribution is -2.49. The third-order valence-corrected chi connectivity index (χ3v) is 5.54. The zero-order valence-corrected chi connectivity index (χ0v) is 14.4. The summed E-state index contributed by atoms with van der Waals surface area (Å²) in [6.07, 6.45) is 13.2. The molecule has 1 amide bonds. The van der Waals surface area contributed by atoms with E-state index in [1.54, 1.807) is 18.6 Å².